The van der Waals surface area contributed by atoms with Gasteiger partial charge < -0.3 is 4.74 Å². The normalized spacial score (nSPS) is 10.8. The molecule has 0 aliphatic rings. The molecule has 0 saturated carbocycles. The maximum atomic E-state index is 12.4. The smallest absolute Gasteiger partial charge is 0.357 e. The summed E-state index contributed by atoms with van der Waals surface area (Å²) in [6, 6.07) is 0. The summed E-state index contributed by atoms with van der Waals surface area (Å²) in [5.41, 5.74) is 0.980. The summed E-state index contributed by atoms with van der Waals surface area (Å²) < 4.78 is 4.87. The molecule has 0 aliphatic carbocycles. The van der Waals surface area contributed by atoms with Gasteiger partial charge in [-0.3, -0.25) is 10.1 Å². The number of anilines is 1. The number of nitrogens with zero attached hydrogens (tertiary/aromatic N) is 2. The summed E-state index contributed by atoms with van der Waals surface area (Å²) in [7, 11) is 0. The second-order valence-electron chi connectivity index (χ2n) is 4.81. The Morgan fingerprint density at radius 2 is 2.09 bits per heavy atom. The van der Waals surface area contributed by atoms with Crippen LogP contribution < -0.4 is 5.32 Å². The Morgan fingerprint density at radius 1 is 1.36 bits per heavy atom. The summed E-state index contributed by atoms with van der Waals surface area (Å²) in [5.74, 6) is -0.577. The van der Waals surface area contributed by atoms with E-state index < -0.39 is 5.97 Å². The van der Waals surface area contributed by atoms with E-state index in [4.69, 9.17) is 4.74 Å². The van der Waals surface area contributed by atoms with Gasteiger partial charge in [-0.2, -0.15) is 0 Å². The first kappa shape index (κ1) is 16.6. The monoisotopic (exact) mass is 339 g/mol. The summed E-state index contributed by atoms with van der Waals surface area (Å²) >= 11 is 2.54. The van der Waals surface area contributed by atoms with Crippen LogP contribution in [0.3, 0.4) is 0 Å². The van der Waals surface area contributed by atoms with Gasteiger partial charge in [-0.25, -0.2) is 14.8 Å². The molecule has 2 heterocycles. The predicted octanol–water partition coefficient (Wildman–Crippen LogP) is 3.46. The standard InChI is InChI=1S/C14H17N3O3S2/c1-5-20-13(19)9-6-21-14(16-9)17-12(18)11-10(7(2)3)15-8(4)22-11/h6-7H,5H2,1-4H3,(H,16,17,18). The number of nitrogens with one attached hydrogen (secondary N) is 1. The fourth-order valence-corrected chi connectivity index (χ4v) is 3.42. The number of esters is 1. The average Bonchev–Trinajstić information content (AvgIpc) is 3.05. The highest BCUT2D eigenvalue weighted by molar-refractivity contribution is 7.15. The molecule has 1 N–H and O–H groups in total. The molecule has 8 heteroatoms. The highest BCUT2D eigenvalue weighted by atomic mass is 32.1. The van der Waals surface area contributed by atoms with Crippen LogP contribution in [-0.2, 0) is 4.74 Å². The molecule has 2 aromatic heterocycles. The van der Waals surface area contributed by atoms with E-state index >= 15 is 0 Å². The van der Waals surface area contributed by atoms with Crippen LogP contribution in [0.25, 0.3) is 0 Å². The summed E-state index contributed by atoms with van der Waals surface area (Å²) in [6.45, 7) is 7.87. The highest BCUT2D eigenvalue weighted by Crippen LogP contribution is 2.26. The van der Waals surface area contributed by atoms with Crippen LogP contribution in [0.4, 0.5) is 5.13 Å². The number of hydrogen-bond acceptors (Lipinski definition) is 7. The maximum Gasteiger partial charge on any atom is 0.357 e. The molecule has 0 radical (unpaired) electrons. The highest BCUT2D eigenvalue weighted by Gasteiger charge is 2.20. The molecule has 0 atom stereocenters. The van der Waals surface area contributed by atoms with Crippen LogP contribution in [0.1, 0.15) is 57.6 Å². The fourth-order valence-electron chi connectivity index (χ4n) is 1.78. The zero-order chi connectivity index (χ0) is 16.3. The zero-order valence-electron chi connectivity index (χ0n) is 12.8. The molecule has 0 aliphatic heterocycles. The van der Waals surface area contributed by atoms with E-state index in [2.05, 4.69) is 15.3 Å². The predicted molar refractivity (Wildman–Crippen MR) is 87.0 cm³/mol. The van der Waals surface area contributed by atoms with Crippen molar-refractivity contribution in [3.63, 3.8) is 0 Å². The number of ether oxygens (including phenoxy) is 1. The van der Waals surface area contributed by atoms with E-state index in [9.17, 15) is 9.59 Å². The second kappa shape index (κ2) is 6.97. The molecule has 0 unspecified atom stereocenters. The molecule has 0 saturated heterocycles. The van der Waals surface area contributed by atoms with Crippen molar-refractivity contribution in [3.05, 3.63) is 26.7 Å². The van der Waals surface area contributed by atoms with Gasteiger partial charge in [-0.15, -0.1) is 22.7 Å². The Balaban J connectivity index is 2.14. The molecule has 0 aromatic carbocycles. The maximum absolute atomic E-state index is 12.4. The third-order valence-corrected chi connectivity index (χ3v) is 4.47. The van der Waals surface area contributed by atoms with E-state index in [1.54, 1.807) is 12.3 Å². The average molecular weight is 339 g/mol. The van der Waals surface area contributed by atoms with E-state index in [1.807, 2.05) is 20.8 Å². The minimum atomic E-state index is -0.490. The van der Waals surface area contributed by atoms with Gasteiger partial charge in [-0.05, 0) is 19.8 Å². The van der Waals surface area contributed by atoms with Gasteiger partial charge in [-0.1, -0.05) is 13.8 Å². The third kappa shape index (κ3) is 3.69. The van der Waals surface area contributed by atoms with Gasteiger partial charge in [0.25, 0.3) is 5.91 Å². The van der Waals surface area contributed by atoms with Crippen molar-refractivity contribution in [3.8, 4) is 0 Å². The number of amides is 1. The van der Waals surface area contributed by atoms with Crippen molar-refractivity contribution in [2.24, 2.45) is 0 Å². The van der Waals surface area contributed by atoms with Gasteiger partial charge in [0.1, 0.15) is 4.88 Å². The number of carbonyl (C=O) groups excluding carboxylic acids is 2. The first-order chi connectivity index (χ1) is 10.4. The minimum Gasteiger partial charge on any atom is -0.461 e. The molecule has 2 rings (SSSR count). The number of thiazole rings is 2. The van der Waals surface area contributed by atoms with E-state index in [0.717, 1.165) is 10.7 Å². The van der Waals surface area contributed by atoms with Crippen molar-refractivity contribution in [2.75, 3.05) is 11.9 Å². The first-order valence-corrected chi connectivity index (χ1v) is 8.53. The molecule has 0 fully saturated rings. The molecule has 22 heavy (non-hydrogen) atoms. The topological polar surface area (TPSA) is 81.2 Å². The third-order valence-electron chi connectivity index (χ3n) is 2.72. The fraction of sp³-hybridized carbons (Fsp3) is 0.429. The molecule has 6 nitrogen and oxygen atoms in total. The summed E-state index contributed by atoms with van der Waals surface area (Å²) in [6.07, 6.45) is 0. The largest absolute Gasteiger partial charge is 0.461 e. The number of carbonyl (C=O) groups is 2. The molecular formula is C14H17N3O3S2. The number of hydrogen-bond donors (Lipinski definition) is 1. The lowest BCUT2D eigenvalue weighted by Gasteiger charge is -2.04. The number of rotatable bonds is 5. The lowest BCUT2D eigenvalue weighted by Crippen LogP contribution is -2.13. The lowest BCUT2D eigenvalue weighted by molar-refractivity contribution is 0.0520. The lowest BCUT2D eigenvalue weighted by atomic mass is 10.1. The van der Waals surface area contributed by atoms with Gasteiger partial charge in [0.05, 0.1) is 17.3 Å². The summed E-state index contributed by atoms with van der Waals surface area (Å²) in [4.78, 5) is 33.0. The van der Waals surface area contributed by atoms with Crippen molar-refractivity contribution < 1.29 is 14.3 Å². The Morgan fingerprint density at radius 3 is 2.73 bits per heavy atom. The Labute approximate surface area is 136 Å². The van der Waals surface area contributed by atoms with Gasteiger partial charge >= 0.3 is 5.97 Å². The molecule has 1 amide bonds. The molecular weight excluding hydrogens is 322 g/mol. The van der Waals surface area contributed by atoms with E-state index in [-0.39, 0.29) is 24.1 Å². The quantitative estimate of drug-likeness (QED) is 0.844. The molecule has 0 spiro atoms. The Bertz CT molecular complexity index is 691. The number of aryl methyl sites for hydroxylation is 1. The minimum absolute atomic E-state index is 0.164. The van der Waals surface area contributed by atoms with Crippen LogP contribution in [0, 0.1) is 6.92 Å². The van der Waals surface area contributed by atoms with Crippen molar-refractivity contribution in [1.82, 2.24) is 9.97 Å². The summed E-state index contributed by atoms with van der Waals surface area (Å²) in [5, 5.41) is 5.50. The Hall–Kier alpha value is -1.80. The molecule has 0 bridgehead atoms. The van der Waals surface area contributed by atoms with Gasteiger partial charge in [0.2, 0.25) is 0 Å². The van der Waals surface area contributed by atoms with Crippen molar-refractivity contribution in [2.45, 2.75) is 33.6 Å². The van der Waals surface area contributed by atoms with Crippen molar-refractivity contribution >= 4 is 39.7 Å². The number of aromatic nitrogens is 2. The first-order valence-electron chi connectivity index (χ1n) is 6.83. The van der Waals surface area contributed by atoms with Crippen LogP contribution in [0.5, 0.6) is 0 Å². The van der Waals surface area contributed by atoms with Gasteiger partial charge in [0, 0.05) is 5.38 Å². The van der Waals surface area contributed by atoms with Crippen LogP contribution in [0.15, 0.2) is 5.38 Å². The molecule has 2 aromatic rings. The van der Waals surface area contributed by atoms with Gasteiger partial charge in [0.15, 0.2) is 10.8 Å². The van der Waals surface area contributed by atoms with Crippen LogP contribution >= 0.6 is 22.7 Å². The second-order valence-corrected chi connectivity index (χ2v) is 6.88. The van der Waals surface area contributed by atoms with Crippen LogP contribution in [-0.4, -0.2) is 28.5 Å². The van der Waals surface area contributed by atoms with Crippen LogP contribution in [0.2, 0.25) is 0 Å². The van der Waals surface area contributed by atoms with E-state index in [0.29, 0.717) is 10.0 Å². The van der Waals surface area contributed by atoms with Crippen molar-refractivity contribution in [1.29, 1.82) is 0 Å². The zero-order valence-corrected chi connectivity index (χ0v) is 14.4. The molecule has 118 valence electrons. The van der Waals surface area contributed by atoms with E-state index in [1.165, 1.54) is 22.7 Å². The Kier molecular flexibility index (Phi) is 5.25. The SMILES string of the molecule is CCOC(=O)c1csc(NC(=O)c2sc(C)nc2C(C)C)n1.